The van der Waals surface area contributed by atoms with Gasteiger partial charge in [-0.05, 0) is 24.3 Å². The van der Waals surface area contributed by atoms with Crippen molar-refractivity contribution in [2.24, 2.45) is 5.73 Å². The number of hydrogen-bond acceptors (Lipinski definition) is 5. The maximum absolute atomic E-state index is 5.66. The predicted octanol–water partition coefficient (Wildman–Crippen LogP) is 1.92. The van der Waals surface area contributed by atoms with E-state index in [1.54, 1.807) is 12.3 Å². The Bertz CT molecular complexity index is 597. The Kier molecular flexibility index (Phi) is 3.91. The Labute approximate surface area is 117 Å². The predicted molar refractivity (Wildman–Crippen MR) is 82.0 cm³/mol. The van der Waals surface area contributed by atoms with Gasteiger partial charge < -0.3 is 16.0 Å². The highest BCUT2D eigenvalue weighted by Crippen LogP contribution is 2.22. The molecule has 1 aromatic heterocycles. The summed E-state index contributed by atoms with van der Waals surface area (Å²) in [4.78, 5) is 2.32. The number of anilines is 3. The number of nitrogens with one attached hydrogen (secondary N) is 1. The number of nitrogens with two attached hydrogens (primary N) is 1. The molecule has 0 saturated heterocycles. The van der Waals surface area contributed by atoms with Crippen LogP contribution < -0.4 is 16.0 Å². The molecule has 0 amide bonds. The zero-order valence-electron chi connectivity index (χ0n) is 10.8. The van der Waals surface area contributed by atoms with Crippen molar-refractivity contribution in [3.63, 3.8) is 0 Å². The first kappa shape index (κ1) is 13.2. The molecular weight excluding hydrogens is 258 g/mol. The largest absolute Gasteiger partial charge is 0.389 e. The normalized spacial score (nSPS) is 10.0. The van der Waals surface area contributed by atoms with Gasteiger partial charge in [0.15, 0.2) is 5.82 Å². The van der Waals surface area contributed by atoms with Crippen molar-refractivity contribution < 1.29 is 0 Å². The minimum Gasteiger partial charge on any atom is -0.389 e. The second-order valence-corrected chi connectivity index (χ2v) is 4.67. The Morgan fingerprint density at radius 1 is 1.32 bits per heavy atom. The summed E-state index contributed by atoms with van der Waals surface area (Å²) >= 11 is 4.99. The molecule has 1 aromatic carbocycles. The maximum atomic E-state index is 5.66. The molecule has 3 N–H and O–H groups in total. The van der Waals surface area contributed by atoms with E-state index in [-0.39, 0.29) is 0 Å². The Morgan fingerprint density at radius 2 is 2.11 bits per heavy atom. The van der Waals surface area contributed by atoms with Crippen LogP contribution in [0.5, 0.6) is 0 Å². The fraction of sp³-hybridized carbons (Fsp3) is 0.154. The molecule has 0 fully saturated rings. The van der Waals surface area contributed by atoms with Crippen LogP contribution in [0.2, 0.25) is 0 Å². The van der Waals surface area contributed by atoms with Crippen LogP contribution in [0.25, 0.3) is 0 Å². The van der Waals surface area contributed by atoms with E-state index in [0.717, 1.165) is 11.4 Å². The summed E-state index contributed by atoms with van der Waals surface area (Å²) in [5.74, 6) is 0.561. The van der Waals surface area contributed by atoms with Gasteiger partial charge in [-0.15, -0.1) is 5.10 Å². The quantitative estimate of drug-likeness (QED) is 0.830. The molecule has 0 radical (unpaired) electrons. The Morgan fingerprint density at radius 3 is 2.79 bits per heavy atom. The molecule has 0 unspecified atom stereocenters. The highest BCUT2D eigenvalue weighted by atomic mass is 32.1. The van der Waals surface area contributed by atoms with Gasteiger partial charge in [0.1, 0.15) is 4.99 Å². The van der Waals surface area contributed by atoms with Gasteiger partial charge in [0.25, 0.3) is 0 Å². The SMILES string of the molecule is CN(C)c1cccc(Nc2nnccc2C(N)=S)c1. The summed E-state index contributed by atoms with van der Waals surface area (Å²) in [5, 5.41) is 11.1. The van der Waals surface area contributed by atoms with Gasteiger partial charge in [-0.1, -0.05) is 18.3 Å². The molecule has 0 saturated carbocycles. The van der Waals surface area contributed by atoms with E-state index in [1.807, 2.05) is 43.3 Å². The van der Waals surface area contributed by atoms with E-state index in [4.69, 9.17) is 18.0 Å². The van der Waals surface area contributed by atoms with Crippen molar-refractivity contribution in [2.75, 3.05) is 24.3 Å². The fourth-order valence-corrected chi connectivity index (χ4v) is 1.79. The lowest BCUT2D eigenvalue weighted by atomic mass is 10.2. The second-order valence-electron chi connectivity index (χ2n) is 4.23. The van der Waals surface area contributed by atoms with Gasteiger partial charge in [-0.25, -0.2) is 0 Å². The van der Waals surface area contributed by atoms with Gasteiger partial charge >= 0.3 is 0 Å². The highest BCUT2D eigenvalue weighted by molar-refractivity contribution is 7.80. The summed E-state index contributed by atoms with van der Waals surface area (Å²) in [5.41, 5.74) is 8.34. The van der Waals surface area contributed by atoms with Gasteiger partial charge in [0, 0.05) is 25.5 Å². The van der Waals surface area contributed by atoms with Crippen LogP contribution in [0, 0.1) is 0 Å². The van der Waals surface area contributed by atoms with Crippen LogP contribution in [-0.4, -0.2) is 29.3 Å². The van der Waals surface area contributed by atoms with Crippen molar-refractivity contribution in [1.29, 1.82) is 0 Å². The second kappa shape index (κ2) is 5.62. The molecule has 1 heterocycles. The van der Waals surface area contributed by atoms with E-state index in [2.05, 4.69) is 15.5 Å². The smallest absolute Gasteiger partial charge is 0.163 e. The number of nitrogens with zero attached hydrogens (tertiary/aromatic N) is 3. The molecule has 0 aliphatic rings. The van der Waals surface area contributed by atoms with E-state index in [0.29, 0.717) is 16.4 Å². The summed E-state index contributed by atoms with van der Waals surface area (Å²) in [7, 11) is 3.98. The maximum Gasteiger partial charge on any atom is 0.163 e. The van der Waals surface area contributed by atoms with Crippen molar-refractivity contribution in [3.05, 3.63) is 42.1 Å². The zero-order chi connectivity index (χ0) is 13.8. The lowest BCUT2D eigenvalue weighted by Gasteiger charge is -2.14. The summed E-state index contributed by atoms with van der Waals surface area (Å²) in [6.07, 6.45) is 1.57. The van der Waals surface area contributed by atoms with E-state index in [9.17, 15) is 0 Å². The monoisotopic (exact) mass is 273 g/mol. The van der Waals surface area contributed by atoms with Crippen LogP contribution in [-0.2, 0) is 0 Å². The molecule has 6 heteroatoms. The molecule has 98 valence electrons. The molecule has 2 rings (SSSR count). The third-order valence-corrected chi connectivity index (χ3v) is 2.83. The van der Waals surface area contributed by atoms with Crippen molar-refractivity contribution in [1.82, 2.24) is 10.2 Å². The number of hydrogen-bond donors (Lipinski definition) is 2. The van der Waals surface area contributed by atoms with E-state index >= 15 is 0 Å². The van der Waals surface area contributed by atoms with Crippen LogP contribution in [0.15, 0.2) is 36.5 Å². The fourth-order valence-electron chi connectivity index (χ4n) is 1.62. The number of rotatable bonds is 4. The summed E-state index contributed by atoms with van der Waals surface area (Å²) in [6.45, 7) is 0. The first-order valence-corrected chi connectivity index (χ1v) is 6.14. The van der Waals surface area contributed by atoms with Crippen molar-refractivity contribution in [3.8, 4) is 0 Å². The average Bonchev–Trinajstić information content (AvgIpc) is 2.39. The average molecular weight is 273 g/mol. The molecule has 19 heavy (non-hydrogen) atoms. The lowest BCUT2D eigenvalue weighted by Crippen LogP contribution is -2.13. The standard InChI is InChI=1S/C13H15N5S/c1-18(2)10-5-3-4-9(8-10)16-13-11(12(14)19)6-7-15-17-13/h3-8H,1-2H3,(H2,14,19)(H,16,17). The molecular formula is C13H15N5S. The molecule has 5 nitrogen and oxygen atoms in total. The summed E-state index contributed by atoms with van der Waals surface area (Å²) < 4.78 is 0. The minimum absolute atomic E-state index is 0.293. The van der Waals surface area contributed by atoms with Crippen LogP contribution in [0.1, 0.15) is 5.56 Å². The third-order valence-electron chi connectivity index (χ3n) is 2.61. The molecule has 0 spiro atoms. The molecule has 0 aliphatic heterocycles. The Balaban J connectivity index is 2.31. The molecule has 0 aliphatic carbocycles. The number of thiocarbonyl (C=S) groups is 1. The van der Waals surface area contributed by atoms with Crippen LogP contribution in [0.3, 0.4) is 0 Å². The van der Waals surface area contributed by atoms with E-state index < -0.39 is 0 Å². The van der Waals surface area contributed by atoms with Crippen molar-refractivity contribution >= 4 is 34.4 Å². The highest BCUT2D eigenvalue weighted by Gasteiger charge is 2.07. The minimum atomic E-state index is 0.293. The number of aromatic nitrogens is 2. The van der Waals surface area contributed by atoms with Crippen molar-refractivity contribution in [2.45, 2.75) is 0 Å². The Hall–Kier alpha value is -2.21. The molecule has 0 bridgehead atoms. The van der Waals surface area contributed by atoms with Gasteiger partial charge in [0.05, 0.1) is 11.8 Å². The number of benzene rings is 1. The van der Waals surface area contributed by atoms with E-state index in [1.165, 1.54) is 0 Å². The topological polar surface area (TPSA) is 67.1 Å². The lowest BCUT2D eigenvalue weighted by molar-refractivity contribution is 1.03. The first-order chi connectivity index (χ1) is 9.08. The van der Waals surface area contributed by atoms with Gasteiger partial charge in [-0.2, -0.15) is 5.10 Å². The van der Waals surface area contributed by atoms with Crippen LogP contribution >= 0.6 is 12.2 Å². The molecule has 0 atom stereocenters. The van der Waals surface area contributed by atoms with Gasteiger partial charge in [0.2, 0.25) is 0 Å². The zero-order valence-corrected chi connectivity index (χ0v) is 11.6. The van der Waals surface area contributed by atoms with Gasteiger partial charge in [-0.3, -0.25) is 0 Å². The molecule has 2 aromatic rings. The third kappa shape index (κ3) is 3.17. The summed E-state index contributed by atoms with van der Waals surface area (Å²) in [6, 6.07) is 9.70. The first-order valence-electron chi connectivity index (χ1n) is 5.74. The van der Waals surface area contributed by atoms with Crippen LogP contribution in [0.4, 0.5) is 17.2 Å².